The maximum atomic E-state index is 6.11. The number of para-hydroxylation sites is 1. The van der Waals surface area contributed by atoms with Gasteiger partial charge in [-0.15, -0.1) is 0 Å². The minimum atomic E-state index is -0.159. The molecule has 2 heteroatoms. The lowest BCUT2D eigenvalue weighted by Gasteiger charge is -2.06. The van der Waals surface area contributed by atoms with Gasteiger partial charge in [0.15, 0.2) is 9.32 Å². The van der Waals surface area contributed by atoms with Gasteiger partial charge in [-0.05, 0) is 30.7 Å². The van der Waals surface area contributed by atoms with Crippen LogP contribution in [-0.4, -0.2) is 6.61 Å². The zero-order valence-electron chi connectivity index (χ0n) is 16.3. The van der Waals surface area contributed by atoms with Crippen molar-refractivity contribution in [1.82, 2.24) is 0 Å². The Balaban J connectivity index is 1.58. The molecule has 0 saturated carbocycles. The van der Waals surface area contributed by atoms with Crippen LogP contribution in [0.4, 0.5) is 0 Å². The van der Waals surface area contributed by atoms with Gasteiger partial charge in [0.25, 0.3) is 0 Å². The van der Waals surface area contributed by atoms with Crippen LogP contribution in [0.15, 0.2) is 54.6 Å². The molecule has 0 radical (unpaired) electrons. The summed E-state index contributed by atoms with van der Waals surface area (Å²) in [7, 11) is 0. The minimum absolute atomic E-state index is 0.159. The van der Waals surface area contributed by atoms with Crippen molar-refractivity contribution in [2.45, 2.75) is 71.1 Å². The van der Waals surface area contributed by atoms with Crippen LogP contribution < -0.4 is 25.9 Å². The fourth-order valence-corrected chi connectivity index (χ4v) is 5.44. The van der Waals surface area contributed by atoms with Gasteiger partial charge >= 0.3 is 21.2 Å². The van der Waals surface area contributed by atoms with Crippen molar-refractivity contribution in [3.05, 3.63) is 61.7 Å². The van der Waals surface area contributed by atoms with Gasteiger partial charge in [-0.1, -0.05) is 95.0 Å². The number of halogens is 1. The van der Waals surface area contributed by atoms with E-state index in [9.17, 15) is 0 Å². The largest absolute Gasteiger partial charge is 0.489 e. The summed E-state index contributed by atoms with van der Waals surface area (Å²) >= 11 is -0.159. The highest BCUT2D eigenvalue weighted by molar-refractivity contribution is 5.20. The Morgan fingerprint density at radius 2 is 1.23 bits per heavy atom. The van der Waals surface area contributed by atoms with E-state index in [2.05, 4.69) is 61.5 Å². The average Bonchev–Trinajstić information content (AvgIpc) is 2.68. The van der Waals surface area contributed by atoms with Crippen LogP contribution in [0, 0.1) is 7.14 Å². The molecule has 0 atom stereocenters. The standard InChI is InChI=1S/C24H34IO/c1-2-3-4-5-6-7-8-9-10-16-21-26-24-20-15-14-19-23(24)25-22-17-12-11-13-18-22/h11-15,17-20H,2-10,16,21H2,1H3/q+1. The zero-order valence-corrected chi connectivity index (χ0v) is 18.4. The second-order valence-electron chi connectivity index (χ2n) is 6.85. The number of benzene rings is 2. The fraction of sp³-hybridized carbons (Fsp3) is 0.500. The second-order valence-corrected chi connectivity index (χ2v) is 9.80. The first-order valence-electron chi connectivity index (χ1n) is 10.3. The Morgan fingerprint density at radius 3 is 1.92 bits per heavy atom. The molecule has 0 heterocycles. The predicted octanol–water partition coefficient (Wildman–Crippen LogP) is 4.11. The van der Waals surface area contributed by atoms with E-state index in [0.717, 1.165) is 12.4 Å². The number of rotatable bonds is 14. The van der Waals surface area contributed by atoms with Crippen molar-refractivity contribution >= 4 is 0 Å². The molecule has 0 fully saturated rings. The number of ether oxygens (including phenoxy) is 1. The molecular formula is C24H34IO+. The van der Waals surface area contributed by atoms with Gasteiger partial charge in [-0.25, -0.2) is 0 Å². The smallest absolute Gasteiger partial charge is 0.362 e. The number of unbranched alkanes of at least 4 members (excludes halogenated alkanes) is 9. The molecule has 1 nitrogen and oxygen atoms in total. The first-order valence-corrected chi connectivity index (χ1v) is 12.5. The maximum Gasteiger partial charge on any atom is 0.362 e. The van der Waals surface area contributed by atoms with Gasteiger partial charge in [0.2, 0.25) is 3.57 Å². The summed E-state index contributed by atoms with van der Waals surface area (Å²) in [5, 5.41) is 0. The topological polar surface area (TPSA) is 9.23 Å². The lowest BCUT2D eigenvalue weighted by atomic mass is 10.1. The van der Waals surface area contributed by atoms with Crippen LogP contribution in [0.3, 0.4) is 0 Å². The second kappa shape index (κ2) is 14.1. The van der Waals surface area contributed by atoms with E-state index in [4.69, 9.17) is 4.74 Å². The molecule has 0 spiro atoms. The van der Waals surface area contributed by atoms with Gasteiger partial charge in [0.1, 0.15) is 0 Å². The van der Waals surface area contributed by atoms with Gasteiger partial charge in [-0.3, -0.25) is 0 Å². The lowest BCUT2D eigenvalue weighted by Crippen LogP contribution is -3.61. The predicted molar refractivity (Wildman–Crippen MR) is 108 cm³/mol. The van der Waals surface area contributed by atoms with E-state index in [1.165, 1.54) is 71.3 Å². The molecule has 26 heavy (non-hydrogen) atoms. The van der Waals surface area contributed by atoms with E-state index in [1.807, 2.05) is 0 Å². The normalized spacial score (nSPS) is 10.8. The molecule has 0 saturated heterocycles. The highest BCUT2D eigenvalue weighted by Crippen LogP contribution is 2.12. The molecular weight excluding hydrogens is 431 g/mol. The van der Waals surface area contributed by atoms with E-state index in [0.29, 0.717) is 0 Å². The summed E-state index contributed by atoms with van der Waals surface area (Å²) in [5.41, 5.74) is 0. The highest BCUT2D eigenvalue weighted by Gasteiger charge is 2.20. The molecule has 0 N–H and O–H groups in total. The van der Waals surface area contributed by atoms with Crippen molar-refractivity contribution in [2.75, 3.05) is 6.61 Å². The molecule has 0 aliphatic heterocycles. The van der Waals surface area contributed by atoms with E-state index in [1.54, 1.807) is 0 Å². The molecule has 0 unspecified atom stereocenters. The third-order valence-corrected chi connectivity index (χ3v) is 7.35. The third-order valence-electron chi connectivity index (χ3n) is 4.54. The molecule has 0 aliphatic rings. The summed E-state index contributed by atoms with van der Waals surface area (Å²) in [6.45, 7) is 3.13. The van der Waals surface area contributed by atoms with Crippen molar-refractivity contribution in [2.24, 2.45) is 0 Å². The molecule has 2 aromatic rings. The van der Waals surface area contributed by atoms with E-state index < -0.39 is 0 Å². The quantitative estimate of drug-likeness (QED) is 0.302. The fourth-order valence-electron chi connectivity index (χ4n) is 3.01. The highest BCUT2D eigenvalue weighted by atomic mass is 127. The average molecular weight is 465 g/mol. The SMILES string of the molecule is CCCCCCCCCCCCOc1ccccc1[I+]c1ccccc1. The lowest BCUT2D eigenvalue weighted by molar-refractivity contribution is -0.598. The molecule has 2 rings (SSSR count). The van der Waals surface area contributed by atoms with Crippen LogP contribution in [0.2, 0.25) is 0 Å². The molecule has 2 aromatic carbocycles. The van der Waals surface area contributed by atoms with Crippen molar-refractivity contribution in [1.29, 1.82) is 0 Å². The summed E-state index contributed by atoms with van der Waals surface area (Å²) in [6.07, 6.45) is 13.7. The summed E-state index contributed by atoms with van der Waals surface area (Å²) in [5.74, 6) is 1.10. The van der Waals surface area contributed by atoms with Crippen LogP contribution in [0.5, 0.6) is 5.75 Å². The molecule has 0 aliphatic carbocycles. The van der Waals surface area contributed by atoms with Crippen molar-refractivity contribution < 1.29 is 25.9 Å². The third kappa shape index (κ3) is 9.07. The van der Waals surface area contributed by atoms with Gasteiger partial charge in [-0.2, -0.15) is 0 Å². The maximum absolute atomic E-state index is 6.11. The molecule has 0 amide bonds. The monoisotopic (exact) mass is 465 g/mol. The number of hydrogen-bond acceptors (Lipinski definition) is 1. The van der Waals surface area contributed by atoms with E-state index in [-0.39, 0.29) is 21.2 Å². The Hall–Kier alpha value is -1.03. The van der Waals surface area contributed by atoms with Crippen LogP contribution in [0.25, 0.3) is 0 Å². The molecule has 142 valence electrons. The Kier molecular flexibility index (Phi) is 11.5. The zero-order chi connectivity index (χ0) is 18.3. The summed E-state index contributed by atoms with van der Waals surface area (Å²) in [6, 6.07) is 19.4. The summed E-state index contributed by atoms with van der Waals surface area (Å²) < 4.78 is 8.95. The Labute approximate surface area is 170 Å². The van der Waals surface area contributed by atoms with Crippen LogP contribution >= 0.6 is 0 Å². The molecule has 0 bridgehead atoms. The summed E-state index contributed by atoms with van der Waals surface area (Å²) in [4.78, 5) is 0. The van der Waals surface area contributed by atoms with Crippen molar-refractivity contribution in [3.8, 4) is 5.75 Å². The van der Waals surface area contributed by atoms with Gasteiger partial charge < -0.3 is 4.74 Å². The first kappa shape index (κ1) is 21.3. The molecule has 0 aromatic heterocycles. The Bertz CT molecular complexity index is 582. The van der Waals surface area contributed by atoms with Crippen LogP contribution in [0.1, 0.15) is 71.1 Å². The Morgan fingerprint density at radius 1 is 0.654 bits per heavy atom. The van der Waals surface area contributed by atoms with E-state index >= 15 is 0 Å². The first-order chi connectivity index (χ1) is 12.9. The minimum Gasteiger partial charge on any atom is -0.489 e. The van der Waals surface area contributed by atoms with Gasteiger partial charge in [0.05, 0.1) is 6.61 Å². The van der Waals surface area contributed by atoms with Gasteiger partial charge in [0, 0.05) is 0 Å². The number of hydrogen-bond donors (Lipinski definition) is 0. The van der Waals surface area contributed by atoms with Crippen LogP contribution in [-0.2, 0) is 0 Å². The van der Waals surface area contributed by atoms with Crippen molar-refractivity contribution in [3.63, 3.8) is 0 Å².